The highest BCUT2D eigenvalue weighted by atomic mass is 32.2. The predicted octanol–water partition coefficient (Wildman–Crippen LogP) is 1.88. The third kappa shape index (κ3) is 3.48. The van der Waals surface area contributed by atoms with Crippen LogP contribution < -0.4 is 4.74 Å². The van der Waals surface area contributed by atoms with Gasteiger partial charge in [0.1, 0.15) is 11.8 Å². The Labute approximate surface area is 97.8 Å². The number of thioether (sulfide) groups is 1. The van der Waals surface area contributed by atoms with E-state index < -0.39 is 5.97 Å². The standard InChI is InChI=1S/C11H11NO3S/c1-15-10-3-2-8(4-9(10)5-12)6-16-7-11(13)14/h2-4H,6-7H2,1H3,(H,13,14). The van der Waals surface area contributed by atoms with Crippen molar-refractivity contribution in [3.05, 3.63) is 29.3 Å². The molecule has 1 aromatic rings. The van der Waals surface area contributed by atoms with Crippen molar-refractivity contribution in [3.63, 3.8) is 0 Å². The summed E-state index contributed by atoms with van der Waals surface area (Å²) in [5.41, 5.74) is 1.39. The second kappa shape index (κ2) is 6.03. The van der Waals surface area contributed by atoms with E-state index in [0.29, 0.717) is 17.1 Å². The highest BCUT2D eigenvalue weighted by molar-refractivity contribution is 7.99. The summed E-state index contributed by atoms with van der Waals surface area (Å²) in [7, 11) is 1.51. The molecule has 0 unspecified atom stereocenters. The van der Waals surface area contributed by atoms with Crippen LogP contribution in [-0.2, 0) is 10.5 Å². The van der Waals surface area contributed by atoms with Crippen LogP contribution in [0.4, 0.5) is 0 Å². The second-order valence-electron chi connectivity index (χ2n) is 3.03. The van der Waals surface area contributed by atoms with E-state index >= 15 is 0 Å². The van der Waals surface area contributed by atoms with Crippen LogP contribution in [0.25, 0.3) is 0 Å². The van der Waals surface area contributed by atoms with Crippen LogP contribution in [0.1, 0.15) is 11.1 Å². The molecule has 0 spiro atoms. The Balaban J connectivity index is 2.69. The summed E-state index contributed by atoms with van der Waals surface area (Å²) in [5, 5.41) is 17.3. The van der Waals surface area contributed by atoms with Crippen LogP contribution in [-0.4, -0.2) is 23.9 Å². The molecule has 5 heteroatoms. The maximum absolute atomic E-state index is 10.3. The Bertz CT molecular complexity index is 426. The monoisotopic (exact) mass is 237 g/mol. The van der Waals surface area contributed by atoms with Gasteiger partial charge in [-0.1, -0.05) is 6.07 Å². The summed E-state index contributed by atoms with van der Waals surface area (Å²) in [6.07, 6.45) is 0. The van der Waals surface area contributed by atoms with E-state index in [-0.39, 0.29) is 5.75 Å². The molecule has 0 saturated heterocycles. The number of carboxylic acids is 1. The van der Waals surface area contributed by atoms with Gasteiger partial charge in [0.2, 0.25) is 0 Å². The Morgan fingerprint density at radius 3 is 2.94 bits per heavy atom. The van der Waals surface area contributed by atoms with E-state index in [0.717, 1.165) is 5.56 Å². The van der Waals surface area contributed by atoms with Gasteiger partial charge in [-0.2, -0.15) is 5.26 Å². The molecule has 0 aromatic heterocycles. The van der Waals surface area contributed by atoms with Crippen molar-refractivity contribution >= 4 is 17.7 Å². The van der Waals surface area contributed by atoms with Crippen molar-refractivity contribution in [2.24, 2.45) is 0 Å². The third-order valence-electron chi connectivity index (χ3n) is 1.88. The number of benzene rings is 1. The van der Waals surface area contributed by atoms with Gasteiger partial charge in [0.25, 0.3) is 0 Å². The quantitative estimate of drug-likeness (QED) is 0.846. The van der Waals surface area contributed by atoms with Crippen LogP contribution in [0, 0.1) is 11.3 Å². The zero-order valence-electron chi connectivity index (χ0n) is 8.77. The van der Waals surface area contributed by atoms with Gasteiger partial charge in [0.15, 0.2) is 0 Å². The highest BCUT2D eigenvalue weighted by Gasteiger charge is 2.04. The molecule has 0 amide bonds. The smallest absolute Gasteiger partial charge is 0.313 e. The summed E-state index contributed by atoms with van der Waals surface area (Å²) in [6.45, 7) is 0. The van der Waals surface area contributed by atoms with E-state index in [2.05, 4.69) is 0 Å². The van der Waals surface area contributed by atoms with Gasteiger partial charge < -0.3 is 9.84 Å². The Kier molecular flexibility index (Phi) is 4.67. The SMILES string of the molecule is COc1ccc(CSCC(=O)O)cc1C#N. The number of nitriles is 1. The lowest BCUT2D eigenvalue weighted by Crippen LogP contribution is -1.98. The van der Waals surface area contributed by atoms with E-state index in [9.17, 15) is 4.79 Å². The molecule has 0 aliphatic heterocycles. The Hall–Kier alpha value is -1.67. The molecule has 1 rings (SSSR count). The first kappa shape index (κ1) is 12.4. The van der Waals surface area contributed by atoms with Crippen LogP contribution >= 0.6 is 11.8 Å². The molecule has 0 aliphatic carbocycles. The number of carboxylic acid groups (broad SMARTS) is 1. The number of hydrogen-bond donors (Lipinski definition) is 1. The van der Waals surface area contributed by atoms with Gasteiger partial charge >= 0.3 is 5.97 Å². The van der Waals surface area contributed by atoms with Gasteiger partial charge in [0, 0.05) is 5.75 Å². The number of ether oxygens (including phenoxy) is 1. The van der Waals surface area contributed by atoms with Crippen molar-refractivity contribution in [1.82, 2.24) is 0 Å². The minimum absolute atomic E-state index is 0.0634. The van der Waals surface area contributed by atoms with E-state index in [4.69, 9.17) is 15.1 Å². The molecular weight excluding hydrogens is 226 g/mol. The van der Waals surface area contributed by atoms with Gasteiger partial charge in [-0.05, 0) is 17.7 Å². The second-order valence-corrected chi connectivity index (χ2v) is 4.02. The lowest BCUT2D eigenvalue weighted by molar-refractivity contribution is -0.133. The zero-order chi connectivity index (χ0) is 12.0. The molecule has 1 aromatic carbocycles. The average molecular weight is 237 g/mol. The summed E-state index contributed by atoms with van der Waals surface area (Å²) >= 11 is 1.30. The Morgan fingerprint density at radius 1 is 1.62 bits per heavy atom. The van der Waals surface area contributed by atoms with E-state index in [1.165, 1.54) is 18.9 Å². The fourth-order valence-electron chi connectivity index (χ4n) is 1.19. The number of methoxy groups -OCH3 is 1. The molecule has 0 fully saturated rings. The summed E-state index contributed by atoms with van der Waals surface area (Å²) in [5.74, 6) is 0.340. The van der Waals surface area contributed by atoms with Crippen LogP contribution in [0.15, 0.2) is 18.2 Å². The van der Waals surface area contributed by atoms with Crippen molar-refractivity contribution in [2.75, 3.05) is 12.9 Å². The molecule has 0 aliphatic rings. The number of carbonyl (C=O) groups is 1. The minimum atomic E-state index is -0.834. The first-order chi connectivity index (χ1) is 7.67. The summed E-state index contributed by atoms with van der Waals surface area (Å²) in [4.78, 5) is 10.3. The fraction of sp³-hybridized carbons (Fsp3) is 0.273. The third-order valence-corrected chi connectivity index (χ3v) is 2.87. The molecular formula is C11H11NO3S. The minimum Gasteiger partial charge on any atom is -0.495 e. The highest BCUT2D eigenvalue weighted by Crippen LogP contribution is 2.21. The van der Waals surface area contributed by atoms with Crippen molar-refractivity contribution in [3.8, 4) is 11.8 Å². The van der Waals surface area contributed by atoms with Crippen LogP contribution in [0.3, 0.4) is 0 Å². The largest absolute Gasteiger partial charge is 0.495 e. The summed E-state index contributed by atoms with van der Waals surface area (Å²) in [6, 6.07) is 7.30. The first-order valence-corrected chi connectivity index (χ1v) is 5.69. The van der Waals surface area contributed by atoms with E-state index in [1.807, 2.05) is 12.1 Å². The number of rotatable bonds is 5. The zero-order valence-corrected chi connectivity index (χ0v) is 9.58. The number of nitrogens with zero attached hydrogens (tertiary/aromatic N) is 1. The average Bonchev–Trinajstić information content (AvgIpc) is 2.28. The molecule has 1 N–H and O–H groups in total. The van der Waals surface area contributed by atoms with Gasteiger partial charge in [-0.3, -0.25) is 4.79 Å². The van der Waals surface area contributed by atoms with Crippen LogP contribution in [0.2, 0.25) is 0 Å². The molecule has 0 heterocycles. The number of hydrogen-bond acceptors (Lipinski definition) is 4. The van der Waals surface area contributed by atoms with Gasteiger partial charge in [-0.25, -0.2) is 0 Å². The molecule has 0 bridgehead atoms. The Morgan fingerprint density at radius 2 is 2.38 bits per heavy atom. The van der Waals surface area contributed by atoms with Crippen LogP contribution in [0.5, 0.6) is 5.75 Å². The fourth-order valence-corrected chi connectivity index (χ4v) is 1.88. The van der Waals surface area contributed by atoms with E-state index in [1.54, 1.807) is 12.1 Å². The maximum Gasteiger partial charge on any atom is 0.313 e. The predicted molar refractivity (Wildman–Crippen MR) is 61.5 cm³/mol. The summed E-state index contributed by atoms with van der Waals surface area (Å²) < 4.78 is 5.01. The molecule has 0 atom stereocenters. The first-order valence-electron chi connectivity index (χ1n) is 4.54. The van der Waals surface area contributed by atoms with Crippen molar-refractivity contribution in [2.45, 2.75) is 5.75 Å². The lowest BCUT2D eigenvalue weighted by Gasteiger charge is -2.05. The van der Waals surface area contributed by atoms with Crippen molar-refractivity contribution < 1.29 is 14.6 Å². The van der Waals surface area contributed by atoms with Gasteiger partial charge in [0.05, 0.1) is 18.4 Å². The molecule has 16 heavy (non-hydrogen) atoms. The number of aliphatic carboxylic acids is 1. The lowest BCUT2D eigenvalue weighted by atomic mass is 10.1. The normalized spacial score (nSPS) is 9.50. The molecule has 84 valence electrons. The van der Waals surface area contributed by atoms with Gasteiger partial charge in [-0.15, -0.1) is 11.8 Å². The molecule has 0 radical (unpaired) electrons. The molecule has 4 nitrogen and oxygen atoms in total. The molecule has 0 saturated carbocycles. The van der Waals surface area contributed by atoms with Crippen molar-refractivity contribution in [1.29, 1.82) is 5.26 Å². The maximum atomic E-state index is 10.3. The topological polar surface area (TPSA) is 70.3 Å².